The zero-order chi connectivity index (χ0) is 30.0. The summed E-state index contributed by atoms with van der Waals surface area (Å²) in [7, 11) is -1.98. The van der Waals surface area contributed by atoms with E-state index in [1.807, 2.05) is 54.6 Å². The highest BCUT2D eigenvalue weighted by Gasteiger charge is 2.31. The van der Waals surface area contributed by atoms with Gasteiger partial charge in [0.2, 0.25) is 21.8 Å². The van der Waals surface area contributed by atoms with Crippen molar-refractivity contribution in [1.82, 2.24) is 14.9 Å². The Morgan fingerprint density at radius 1 is 0.905 bits per heavy atom. The lowest BCUT2D eigenvalue weighted by atomic mass is 10.0. The van der Waals surface area contributed by atoms with E-state index in [0.29, 0.717) is 30.0 Å². The molecule has 0 saturated carbocycles. The number of aryl methyl sites for hydroxylation is 1. The second-order valence-corrected chi connectivity index (χ2v) is 11.4. The fourth-order valence-electron chi connectivity index (χ4n) is 4.55. The zero-order valence-electron chi connectivity index (χ0n) is 23.7. The number of benzene rings is 3. The first-order chi connectivity index (χ1) is 20.3. The number of nitrogens with one attached hydrogen (secondary N) is 2. The second kappa shape index (κ2) is 14.5. The van der Waals surface area contributed by atoms with Gasteiger partial charge in [-0.1, -0.05) is 61.5 Å². The summed E-state index contributed by atoms with van der Waals surface area (Å²) in [6, 6.07) is 25.6. The summed E-state index contributed by atoms with van der Waals surface area (Å²) in [6.07, 6.45) is 2.03. The van der Waals surface area contributed by atoms with E-state index >= 15 is 0 Å². The SMILES string of the molecule is CCNS(=O)(=O)c1ccc(CCC(=O)N(Cc2ccc(OC)cc2)[C@@H](C(=O)NCc2ccco2)c2ccccc2)cc1. The molecule has 4 aromatic rings. The first kappa shape index (κ1) is 30.5. The Hall–Kier alpha value is -4.41. The molecule has 1 atom stereocenters. The fourth-order valence-corrected chi connectivity index (χ4v) is 5.59. The lowest BCUT2D eigenvalue weighted by molar-refractivity contribution is -0.141. The molecular weight excluding hydrogens is 554 g/mol. The third-order valence-electron chi connectivity index (χ3n) is 6.72. The number of amides is 2. The fraction of sp³-hybridized carbons (Fsp3) is 0.250. The molecule has 10 heteroatoms. The van der Waals surface area contributed by atoms with E-state index in [9.17, 15) is 18.0 Å². The molecule has 0 aliphatic carbocycles. The number of nitrogens with zero attached hydrogens (tertiary/aromatic N) is 1. The number of carbonyl (C=O) groups excluding carboxylic acids is 2. The summed E-state index contributed by atoms with van der Waals surface area (Å²) in [5.74, 6) is 0.726. The first-order valence-corrected chi connectivity index (χ1v) is 15.1. The van der Waals surface area contributed by atoms with E-state index in [4.69, 9.17) is 9.15 Å². The molecule has 1 heterocycles. The number of methoxy groups -OCH3 is 1. The number of rotatable bonds is 14. The van der Waals surface area contributed by atoms with Crippen LogP contribution in [0, 0.1) is 0 Å². The zero-order valence-corrected chi connectivity index (χ0v) is 24.5. The number of ether oxygens (including phenoxy) is 1. The monoisotopic (exact) mass is 589 g/mol. The summed E-state index contributed by atoms with van der Waals surface area (Å²) >= 11 is 0. The molecule has 2 N–H and O–H groups in total. The average molecular weight is 590 g/mol. The Kier molecular flexibility index (Phi) is 10.5. The van der Waals surface area contributed by atoms with Gasteiger partial charge in [-0.3, -0.25) is 9.59 Å². The molecule has 1 aromatic heterocycles. The van der Waals surface area contributed by atoms with Gasteiger partial charge in [-0.2, -0.15) is 0 Å². The minimum atomic E-state index is -3.57. The molecular formula is C32H35N3O6S. The molecule has 4 rings (SSSR count). The number of furan rings is 1. The minimum absolute atomic E-state index is 0.115. The maximum Gasteiger partial charge on any atom is 0.247 e. The molecule has 42 heavy (non-hydrogen) atoms. The van der Waals surface area contributed by atoms with Crippen LogP contribution >= 0.6 is 0 Å². The van der Waals surface area contributed by atoms with E-state index in [-0.39, 0.29) is 36.2 Å². The van der Waals surface area contributed by atoms with Crippen LogP contribution in [0.2, 0.25) is 0 Å². The third kappa shape index (κ3) is 8.08. The first-order valence-electron chi connectivity index (χ1n) is 13.7. The highest BCUT2D eigenvalue weighted by Crippen LogP contribution is 2.26. The molecule has 0 fully saturated rings. The van der Waals surface area contributed by atoms with Crippen LogP contribution in [0.3, 0.4) is 0 Å². The van der Waals surface area contributed by atoms with Gasteiger partial charge in [0, 0.05) is 19.5 Å². The third-order valence-corrected chi connectivity index (χ3v) is 8.28. The molecule has 0 bridgehead atoms. The highest BCUT2D eigenvalue weighted by atomic mass is 32.2. The standard InChI is InChI=1S/C32H35N3O6S/c1-3-34-42(38,39)29-18-13-24(14-19-29)15-20-30(36)35(23-25-11-16-27(40-2)17-12-25)31(26-8-5-4-6-9-26)32(37)33-22-28-10-7-21-41-28/h4-14,16-19,21,31,34H,3,15,20,22-23H2,1-2H3,(H,33,37)/t31-/m1/s1. The Bertz CT molecular complexity index is 1540. The summed E-state index contributed by atoms with van der Waals surface area (Å²) in [6.45, 7) is 2.38. The normalized spacial score (nSPS) is 12.0. The molecule has 9 nitrogen and oxygen atoms in total. The van der Waals surface area contributed by atoms with Crippen molar-refractivity contribution in [3.8, 4) is 5.75 Å². The number of hydrogen-bond acceptors (Lipinski definition) is 6. The van der Waals surface area contributed by atoms with Crippen LogP contribution < -0.4 is 14.8 Å². The van der Waals surface area contributed by atoms with Gasteiger partial charge in [0.25, 0.3) is 0 Å². The number of carbonyl (C=O) groups is 2. The van der Waals surface area contributed by atoms with Crippen molar-refractivity contribution in [1.29, 1.82) is 0 Å². The molecule has 0 unspecified atom stereocenters. The molecule has 0 saturated heterocycles. The molecule has 3 aromatic carbocycles. The Balaban J connectivity index is 1.59. The van der Waals surface area contributed by atoms with Gasteiger partial charge < -0.3 is 19.4 Å². The summed E-state index contributed by atoms with van der Waals surface area (Å²) in [4.78, 5) is 29.4. The van der Waals surface area contributed by atoms with Crippen molar-refractivity contribution in [3.05, 3.63) is 120 Å². The van der Waals surface area contributed by atoms with Gasteiger partial charge in [-0.25, -0.2) is 13.1 Å². The van der Waals surface area contributed by atoms with Crippen molar-refractivity contribution in [2.24, 2.45) is 0 Å². The maximum absolute atomic E-state index is 13.9. The molecule has 0 radical (unpaired) electrons. The van der Waals surface area contributed by atoms with E-state index in [0.717, 1.165) is 11.1 Å². The van der Waals surface area contributed by atoms with Crippen LogP contribution in [-0.4, -0.2) is 38.8 Å². The van der Waals surface area contributed by atoms with E-state index in [1.165, 1.54) is 18.4 Å². The lowest BCUT2D eigenvalue weighted by Crippen LogP contribution is -2.43. The van der Waals surface area contributed by atoms with Crippen LogP contribution in [0.1, 0.15) is 41.8 Å². The second-order valence-electron chi connectivity index (χ2n) is 9.63. The smallest absolute Gasteiger partial charge is 0.247 e. The minimum Gasteiger partial charge on any atom is -0.497 e. The van der Waals surface area contributed by atoms with Gasteiger partial charge in [0.1, 0.15) is 17.6 Å². The van der Waals surface area contributed by atoms with Gasteiger partial charge in [0.15, 0.2) is 0 Å². The topological polar surface area (TPSA) is 118 Å². The van der Waals surface area contributed by atoms with E-state index in [2.05, 4.69) is 10.0 Å². The Labute approximate surface area is 246 Å². The molecule has 0 spiro atoms. The number of sulfonamides is 1. The molecule has 2 amide bonds. The predicted octanol–water partition coefficient (Wildman–Crippen LogP) is 4.61. The van der Waals surface area contributed by atoms with Gasteiger partial charge in [-0.15, -0.1) is 0 Å². The van der Waals surface area contributed by atoms with Crippen molar-refractivity contribution < 1.29 is 27.2 Å². The van der Waals surface area contributed by atoms with E-state index in [1.54, 1.807) is 43.2 Å². The Morgan fingerprint density at radius 2 is 1.60 bits per heavy atom. The molecule has 0 aliphatic rings. The van der Waals surface area contributed by atoms with Crippen LogP contribution in [0.15, 0.2) is 107 Å². The van der Waals surface area contributed by atoms with Crippen LogP contribution in [-0.2, 0) is 39.1 Å². The summed E-state index contributed by atoms with van der Waals surface area (Å²) in [5, 5.41) is 2.92. The number of hydrogen-bond donors (Lipinski definition) is 2. The van der Waals surface area contributed by atoms with Gasteiger partial charge in [-0.05, 0) is 59.5 Å². The van der Waals surface area contributed by atoms with Crippen LogP contribution in [0.5, 0.6) is 5.75 Å². The van der Waals surface area contributed by atoms with Crippen LogP contribution in [0.25, 0.3) is 0 Å². The van der Waals surface area contributed by atoms with Crippen molar-refractivity contribution in [3.63, 3.8) is 0 Å². The predicted molar refractivity (Wildman–Crippen MR) is 159 cm³/mol. The van der Waals surface area contributed by atoms with Gasteiger partial charge >= 0.3 is 0 Å². The maximum atomic E-state index is 13.9. The van der Waals surface area contributed by atoms with Crippen molar-refractivity contribution in [2.75, 3.05) is 13.7 Å². The average Bonchev–Trinajstić information content (AvgIpc) is 3.53. The van der Waals surface area contributed by atoms with Crippen molar-refractivity contribution in [2.45, 2.75) is 43.8 Å². The van der Waals surface area contributed by atoms with Crippen molar-refractivity contribution >= 4 is 21.8 Å². The largest absolute Gasteiger partial charge is 0.497 e. The highest BCUT2D eigenvalue weighted by molar-refractivity contribution is 7.89. The molecule has 220 valence electrons. The summed E-state index contributed by atoms with van der Waals surface area (Å²) < 4.78 is 37.7. The quantitative estimate of drug-likeness (QED) is 0.222. The van der Waals surface area contributed by atoms with Gasteiger partial charge in [0.05, 0.1) is 24.8 Å². The summed E-state index contributed by atoms with van der Waals surface area (Å²) in [5.41, 5.74) is 2.32. The molecule has 0 aliphatic heterocycles. The van der Waals surface area contributed by atoms with Crippen LogP contribution in [0.4, 0.5) is 0 Å². The lowest BCUT2D eigenvalue weighted by Gasteiger charge is -2.32. The van der Waals surface area contributed by atoms with E-state index < -0.39 is 16.1 Å². The Morgan fingerprint density at radius 3 is 2.21 bits per heavy atom.